The van der Waals surface area contributed by atoms with E-state index in [0.717, 1.165) is 19.4 Å². The molecular weight excluding hydrogens is 190 g/mol. The number of carboxylic acids is 1. The molecule has 0 radical (unpaired) electrons. The van der Waals surface area contributed by atoms with Crippen LogP contribution in [0.15, 0.2) is 30.3 Å². The first-order valence-corrected chi connectivity index (χ1v) is 5.28. The Morgan fingerprint density at radius 1 is 1.27 bits per heavy atom. The summed E-state index contributed by atoms with van der Waals surface area (Å²) in [6, 6.07) is 9.91. The van der Waals surface area contributed by atoms with Crippen LogP contribution < -0.4 is 5.32 Å². The van der Waals surface area contributed by atoms with Crippen molar-refractivity contribution in [3.63, 3.8) is 0 Å². The van der Waals surface area contributed by atoms with E-state index in [4.69, 9.17) is 5.11 Å². The molecule has 2 N–H and O–H groups in total. The molecular formula is C12H15NO2. The van der Waals surface area contributed by atoms with Gasteiger partial charge in [0.2, 0.25) is 0 Å². The third-order valence-corrected chi connectivity index (χ3v) is 2.98. The van der Waals surface area contributed by atoms with E-state index in [-0.39, 0.29) is 6.04 Å². The number of benzene rings is 1. The molecule has 3 nitrogen and oxygen atoms in total. The Labute approximate surface area is 89.1 Å². The normalized spacial score (nSPS) is 26.1. The summed E-state index contributed by atoms with van der Waals surface area (Å²) in [5.41, 5.74) is 1.30. The molecule has 1 fully saturated rings. The summed E-state index contributed by atoms with van der Waals surface area (Å²) in [4.78, 5) is 10.7. The van der Waals surface area contributed by atoms with E-state index in [1.165, 1.54) is 5.56 Å². The minimum absolute atomic E-state index is 0.357. The van der Waals surface area contributed by atoms with Crippen LogP contribution in [0.4, 0.5) is 0 Å². The lowest BCUT2D eigenvalue weighted by atomic mass is 9.89. The van der Waals surface area contributed by atoms with E-state index in [9.17, 15) is 4.79 Å². The van der Waals surface area contributed by atoms with E-state index < -0.39 is 5.97 Å². The Morgan fingerprint density at radius 2 is 2.00 bits per heavy atom. The van der Waals surface area contributed by atoms with Crippen molar-refractivity contribution in [3.8, 4) is 0 Å². The first kappa shape index (κ1) is 10.2. The number of hydrogen-bond acceptors (Lipinski definition) is 2. The second kappa shape index (κ2) is 4.45. The number of carboxylic acid groups (broad SMARTS) is 1. The van der Waals surface area contributed by atoms with E-state index in [1.807, 2.05) is 18.2 Å². The van der Waals surface area contributed by atoms with Gasteiger partial charge in [-0.15, -0.1) is 0 Å². The molecule has 2 rings (SSSR count). The molecule has 15 heavy (non-hydrogen) atoms. The monoisotopic (exact) mass is 205 g/mol. The van der Waals surface area contributed by atoms with E-state index >= 15 is 0 Å². The number of rotatable bonds is 2. The largest absolute Gasteiger partial charge is 0.480 e. The zero-order valence-electron chi connectivity index (χ0n) is 8.52. The zero-order chi connectivity index (χ0) is 10.7. The van der Waals surface area contributed by atoms with Gasteiger partial charge in [-0.05, 0) is 24.3 Å². The van der Waals surface area contributed by atoms with Crippen LogP contribution in [0.3, 0.4) is 0 Å². The minimum Gasteiger partial charge on any atom is -0.480 e. The molecule has 1 aliphatic rings. The van der Waals surface area contributed by atoms with Crippen molar-refractivity contribution in [3.05, 3.63) is 35.9 Å². The molecule has 1 aromatic rings. The van der Waals surface area contributed by atoms with Crippen LogP contribution in [0.1, 0.15) is 24.3 Å². The molecule has 3 heteroatoms. The van der Waals surface area contributed by atoms with Crippen LogP contribution in [0, 0.1) is 0 Å². The molecule has 2 atom stereocenters. The SMILES string of the molecule is O=C(O)C1CCC(c2ccccc2)CN1. The smallest absolute Gasteiger partial charge is 0.320 e. The summed E-state index contributed by atoms with van der Waals surface area (Å²) in [6.45, 7) is 0.765. The van der Waals surface area contributed by atoms with Gasteiger partial charge < -0.3 is 10.4 Å². The Morgan fingerprint density at radius 3 is 2.53 bits per heavy atom. The van der Waals surface area contributed by atoms with Gasteiger partial charge in [0.25, 0.3) is 0 Å². The maximum absolute atomic E-state index is 10.7. The van der Waals surface area contributed by atoms with Crippen molar-refractivity contribution in [2.45, 2.75) is 24.8 Å². The lowest BCUT2D eigenvalue weighted by Gasteiger charge is -2.27. The van der Waals surface area contributed by atoms with Crippen LogP contribution in [-0.4, -0.2) is 23.7 Å². The molecule has 1 aliphatic heterocycles. The number of aliphatic carboxylic acids is 1. The lowest BCUT2D eigenvalue weighted by Crippen LogP contribution is -2.43. The molecule has 0 saturated carbocycles. The summed E-state index contributed by atoms with van der Waals surface area (Å²) in [5, 5.41) is 11.9. The van der Waals surface area contributed by atoms with Crippen LogP contribution in [0.2, 0.25) is 0 Å². The van der Waals surface area contributed by atoms with Gasteiger partial charge in [0.15, 0.2) is 0 Å². The van der Waals surface area contributed by atoms with Crippen molar-refractivity contribution in [1.82, 2.24) is 5.32 Å². The van der Waals surface area contributed by atoms with Crippen molar-refractivity contribution in [2.24, 2.45) is 0 Å². The summed E-state index contributed by atoms with van der Waals surface area (Å²) in [5.74, 6) is -0.275. The molecule has 1 aromatic carbocycles. The van der Waals surface area contributed by atoms with Crippen LogP contribution >= 0.6 is 0 Å². The second-order valence-electron chi connectivity index (χ2n) is 3.98. The molecule has 0 bridgehead atoms. The van der Waals surface area contributed by atoms with Gasteiger partial charge in [-0.1, -0.05) is 30.3 Å². The number of piperidine rings is 1. The molecule has 0 spiro atoms. The molecule has 1 saturated heterocycles. The van der Waals surface area contributed by atoms with Crippen molar-refractivity contribution >= 4 is 5.97 Å². The average molecular weight is 205 g/mol. The van der Waals surface area contributed by atoms with Crippen LogP contribution in [-0.2, 0) is 4.79 Å². The van der Waals surface area contributed by atoms with Crippen molar-refractivity contribution < 1.29 is 9.90 Å². The quantitative estimate of drug-likeness (QED) is 0.771. The Kier molecular flexibility index (Phi) is 3.02. The average Bonchev–Trinajstić information content (AvgIpc) is 2.30. The molecule has 1 heterocycles. The van der Waals surface area contributed by atoms with E-state index in [1.54, 1.807) is 0 Å². The first-order valence-electron chi connectivity index (χ1n) is 5.28. The van der Waals surface area contributed by atoms with Gasteiger partial charge >= 0.3 is 5.97 Å². The van der Waals surface area contributed by atoms with Gasteiger partial charge in [0.05, 0.1) is 0 Å². The maximum atomic E-state index is 10.7. The highest BCUT2D eigenvalue weighted by Gasteiger charge is 2.25. The van der Waals surface area contributed by atoms with Crippen LogP contribution in [0.25, 0.3) is 0 Å². The van der Waals surface area contributed by atoms with E-state index in [2.05, 4.69) is 17.4 Å². The standard InChI is InChI=1S/C12H15NO2/c14-12(15)11-7-6-10(8-13-11)9-4-2-1-3-5-9/h1-5,10-11,13H,6-8H2,(H,14,15). The summed E-state index contributed by atoms with van der Waals surface area (Å²) < 4.78 is 0. The third-order valence-electron chi connectivity index (χ3n) is 2.98. The maximum Gasteiger partial charge on any atom is 0.320 e. The number of nitrogens with one attached hydrogen (secondary N) is 1. The third kappa shape index (κ3) is 2.36. The molecule has 2 unspecified atom stereocenters. The Hall–Kier alpha value is -1.35. The predicted molar refractivity (Wildman–Crippen MR) is 57.8 cm³/mol. The predicted octanol–water partition coefficient (Wildman–Crippen LogP) is 1.61. The van der Waals surface area contributed by atoms with Gasteiger partial charge in [-0.2, -0.15) is 0 Å². The topological polar surface area (TPSA) is 49.3 Å². The number of hydrogen-bond donors (Lipinski definition) is 2. The minimum atomic E-state index is -0.735. The van der Waals surface area contributed by atoms with Gasteiger partial charge in [0.1, 0.15) is 6.04 Å². The van der Waals surface area contributed by atoms with Gasteiger partial charge in [-0.25, -0.2) is 0 Å². The summed E-state index contributed by atoms with van der Waals surface area (Å²) >= 11 is 0. The van der Waals surface area contributed by atoms with Crippen molar-refractivity contribution in [1.29, 1.82) is 0 Å². The lowest BCUT2D eigenvalue weighted by molar-refractivity contribution is -0.140. The number of carbonyl (C=O) groups is 1. The highest BCUT2D eigenvalue weighted by atomic mass is 16.4. The molecule has 0 amide bonds. The molecule has 80 valence electrons. The fourth-order valence-corrected chi connectivity index (χ4v) is 2.08. The van der Waals surface area contributed by atoms with Crippen LogP contribution in [0.5, 0.6) is 0 Å². The van der Waals surface area contributed by atoms with Gasteiger partial charge in [-0.3, -0.25) is 4.79 Å². The second-order valence-corrected chi connectivity index (χ2v) is 3.98. The van der Waals surface area contributed by atoms with E-state index in [0.29, 0.717) is 5.92 Å². The Balaban J connectivity index is 1.97. The fourth-order valence-electron chi connectivity index (χ4n) is 2.08. The zero-order valence-corrected chi connectivity index (χ0v) is 8.52. The summed E-state index contributed by atoms with van der Waals surface area (Å²) in [6.07, 6.45) is 1.67. The molecule has 0 aliphatic carbocycles. The summed E-state index contributed by atoms with van der Waals surface area (Å²) in [7, 11) is 0. The highest BCUT2D eigenvalue weighted by Crippen LogP contribution is 2.24. The highest BCUT2D eigenvalue weighted by molar-refractivity contribution is 5.73. The Bertz CT molecular complexity index is 329. The van der Waals surface area contributed by atoms with Gasteiger partial charge in [0, 0.05) is 6.54 Å². The molecule has 0 aromatic heterocycles. The van der Waals surface area contributed by atoms with Crippen molar-refractivity contribution in [2.75, 3.05) is 6.54 Å². The fraction of sp³-hybridized carbons (Fsp3) is 0.417. The first-order chi connectivity index (χ1) is 7.27.